The summed E-state index contributed by atoms with van der Waals surface area (Å²) in [4.78, 5) is 10.9. The van der Waals surface area contributed by atoms with E-state index in [1.165, 1.54) is 6.92 Å². The Hall–Kier alpha value is -0.570. The molecule has 1 aromatic heterocycles. The van der Waals surface area contributed by atoms with E-state index >= 15 is 0 Å². The molecular weight excluding hydrogens is 208 g/mol. The zero-order chi connectivity index (χ0) is 8.59. The fraction of sp³-hybridized carbons (Fsp3) is 0.375. The third kappa shape index (κ3) is 1.38. The molecule has 0 radical (unpaired) electrons. The molecule has 0 atom stereocenters. The monoisotopic (exact) mass is 216 g/mol. The molecule has 11 heavy (non-hydrogen) atoms. The Labute approximate surface area is 73.7 Å². The molecule has 0 saturated carbocycles. The van der Waals surface area contributed by atoms with Crippen molar-refractivity contribution < 1.29 is 9.21 Å². The molecule has 0 aliphatic rings. The molecule has 0 N–H and O–H groups in total. The number of furan rings is 1. The maximum absolute atomic E-state index is 10.9. The van der Waals surface area contributed by atoms with Crippen LogP contribution in [0.15, 0.2) is 8.89 Å². The third-order valence-electron chi connectivity index (χ3n) is 1.55. The molecular formula is C8H9BrO2. The van der Waals surface area contributed by atoms with Crippen molar-refractivity contribution in [2.45, 2.75) is 20.8 Å². The molecule has 0 spiro atoms. The second-order valence-corrected chi connectivity index (χ2v) is 3.28. The number of carbonyl (C=O) groups is 1. The molecule has 3 heteroatoms. The summed E-state index contributed by atoms with van der Waals surface area (Å²) in [6.45, 7) is 5.18. The number of halogens is 1. The second kappa shape index (κ2) is 2.81. The van der Waals surface area contributed by atoms with Crippen molar-refractivity contribution in [3.05, 3.63) is 21.6 Å². The Balaban J connectivity index is 3.29. The fourth-order valence-electron chi connectivity index (χ4n) is 0.974. The van der Waals surface area contributed by atoms with Gasteiger partial charge in [-0.15, -0.1) is 0 Å². The standard InChI is InChI=1S/C8H9BrO2/c1-4-7(9)6(3)11-8(4)5(2)10/h1-3H3. The van der Waals surface area contributed by atoms with Gasteiger partial charge in [0.25, 0.3) is 0 Å². The Morgan fingerprint density at radius 3 is 2.18 bits per heavy atom. The average Bonchev–Trinajstić information content (AvgIpc) is 2.17. The van der Waals surface area contributed by atoms with Crippen molar-refractivity contribution in [3.63, 3.8) is 0 Å². The van der Waals surface area contributed by atoms with Crippen LogP contribution in [0.3, 0.4) is 0 Å². The molecule has 2 nitrogen and oxygen atoms in total. The van der Waals surface area contributed by atoms with Gasteiger partial charge < -0.3 is 4.42 Å². The molecule has 0 fully saturated rings. The Bertz CT molecular complexity index is 299. The van der Waals surface area contributed by atoms with Gasteiger partial charge in [0.05, 0.1) is 4.47 Å². The molecule has 1 rings (SSSR count). The predicted octanol–water partition coefficient (Wildman–Crippen LogP) is 2.86. The topological polar surface area (TPSA) is 30.2 Å². The molecule has 0 bridgehead atoms. The molecule has 0 unspecified atom stereocenters. The highest BCUT2D eigenvalue weighted by Crippen LogP contribution is 2.26. The maximum atomic E-state index is 10.9. The number of Topliss-reactive ketones (excluding diaryl/α,β-unsaturated/α-hetero) is 1. The summed E-state index contributed by atoms with van der Waals surface area (Å²) in [6, 6.07) is 0. The predicted molar refractivity (Wildman–Crippen MR) is 45.9 cm³/mol. The van der Waals surface area contributed by atoms with Crippen molar-refractivity contribution in [2.75, 3.05) is 0 Å². The van der Waals surface area contributed by atoms with Gasteiger partial charge in [-0.2, -0.15) is 0 Å². The molecule has 1 heterocycles. The molecule has 1 aromatic rings. The van der Waals surface area contributed by atoms with Crippen LogP contribution < -0.4 is 0 Å². The first-order chi connectivity index (χ1) is 5.04. The summed E-state index contributed by atoms with van der Waals surface area (Å²) in [6.07, 6.45) is 0. The maximum Gasteiger partial charge on any atom is 0.195 e. The normalized spacial score (nSPS) is 10.2. The first kappa shape index (κ1) is 8.53. The van der Waals surface area contributed by atoms with Gasteiger partial charge in [0.2, 0.25) is 0 Å². The number of carbonyl (C=O) groups excluding carboxylic acids is 1. The van der Waals surface area contributed by atoms with Gasteiger partial charge >= 0.3 is 0 Å². The van der Waals surface area contributed by atoms with Crippen LogP contribution >= 0.6 is 15.9 Å². The van der Waals surface area contributed by atoms with E-state index in [-0.39, 0.29) is 5.78 Å². The lowest BCUT2D eigenvalue weighted by molar-refractivity contribution is 0.0985. The summed E-state index contributed by atoms with van der Waals surface area (Å²) in [7, 11) is 0. The summed E-state index contributed by atoms with van der Waals surface area (Å²) in [5, 5.41) is 0. The quantitative estimate of drug-likeness (QED) is 0.677. The SMILES string of the molecule is CC(=O)c1oc(C)c(Br)c1C. The van der Waals surface area contributed by atoms with Gasteiger partial charge in [0.1, 0.15) is 5.76 Å². The van der Waals surface area contributed by atoms with E-state index in [4.69, 9.17) is 4.42 Å². The van der Waals surface area contributed by atoms with E-state index in [0.29, 0.717) is 5.76 Å². The number of hydrogen-bond donors (Lipinski definition) is 0. The molecule has 0 aromatic carbocycles. The van der Waals surface area contributed by atoms with Gasteiger partial charge in [-0.3, -0.25) is 4.79 Å². The van der Waals surface area contributed by atoms with E-state index in [1.807, 2.05) is 13.8 Å². The van der Waals surface area contributed by atoms with Crippen molar-refractivity contribution in [3.8, 4) is 0 Å². The minimum atomic E-state index is -0.0312. The lowest BCUT2D eigenvalue weighted by Gasteiger charge is -1.88. The van der Waals surface area contributed by atoms with Crippen LogP contribution in [-0.2, 0) is 0 Å². The van der Waals surface area contributed by atoms with E-state index in [1.54, 1.807) is 0 Å². The lowest BCUT2D eigenvalue weighted by Crippen LogP contribution is -1.90. The highest BCUT2D eigenvalue weighted by molar-refractivity contribution is 9.10. The van der Waals surface area contributed by atoms with Crippen molar-refractivity contribution >= 4 is 21.7 Å². The van der Waals surface area contributed by atoms with Crippen LogP contribution in [-0.4, -0.2) is 5.78 Å². The van der Waals surface area contributed by atoms with E-state index in [9.17, 15) is 4.79 Å². The summed E-state index contributed by atoms with van der Waals surface area (Å²) >= 11 is 3.32. The highest BCUT2D eigenvalue weighted by atomic mass is 79.9. The zero-order valence-corrected chi connectivity index (χ0v) is 8.28. The number of hydrogen-bond acceptors (Lipinski definition) is 2. The highest BCUT2D eigenvalue weighted by Gasteiger charge is 2.14. The average molecular weight is 217 g/mol. The van der Waals surface area contributed by atoms with Gasteiger partial charge in [-0.25, -0.2) is 0 Å². The molecule has 0 aliphatic heterocycles. The van der Waals surface area contributed by atoms with E-state index in [2.05, 4.69) is 15.9 Å². The first-order valence-electron chi connectivity index (χ1n) is 3.30. The largest absolute Gasteiger partial charge is 0.457 e. The minimum absolute atomic E-state index is 0.0312. The van der Waals surface area contributed by atoms with E-state index < -0.39 is 0 Å². The summed E-state index contributed by atoms with van der Waals surface area (Å²) in [5.41, 5.74) is 0.884. The molecule has 0 amide bonds. The lowest BCUT2D eigenvalue weighted by atomic mass is 10.2. The third-order valence-corrected chi connectivity index (χ3v) is 2.71. The summed E-state index contributed by atoms with van der Waals surface area (Å²) < 4.78 is 6.10. The Kier molecular flexibility index (Phi) is 2.18. The van der Waals surface area contributed by atoms with Crippen LogP contribution in [0.5, 0.6) is 0 Å². The number of rotatable bonds is 1. The van der Waals surface area contributed by atoms with Crippen LogP contribution in [0.1, 0.15) is 28.8 Å². The Morgan fingerprint density at radius 2 is 2.00 bits per heavy atom. The molecule has 60 valence electrons. The van der Waals surface area contributed by atoms with Crippen LogP contribution in [0.25, 0.3) is 0 Å². The van der Waals surface area contributed by atoms with Gasteiger partial charge in [-0.1, -0.05) is 0 Å². The first-order valence-corrected chi connectivity index (χ1v) is 4.09. The van der Waals surface area contributed by atoms with Crippen LogP contribution in [0, 0.1) is 13.8 Å². The van der Waals surface area contributed by atoms with Crippen molar-refractivity contribution in [1.82, 2.24) is 0 Å². The smallest absolute Gasteiger partial charge is 0.195 e. The fourth-order valence-corrected chi connectivity index (χ4v) is 1.24. The van der Waals surface area contributed by atoms with Crippen molar-refractivity contribution in [2.24, 2.45) is 0 Å². The minimum Gasteiger partial charge on any atom is -0.457 e. The van der Waals surface area contributed by atoms with Gasteiger partial charge in [0.15, 0.2) is 11.5 Å². The number of ketones is 1. The Morgan fingerprint density at radius 1 is 1.45 bits per heavy atom. The van der Waals surface area contributed by atoms with Gasteiger partial charge in [-0.05, 0) is 29.8 Å². The molecule has 0 aliphatic carbocycles. The molecule has 0 saturated heterocycles. The summed E-state index contributed by atoms with van der Waals surface area (Å²) in [5.74, 6) is 1.18. The van der Waals surface area contributed by atoms with Crippen molar-refractivity contribution in [1.29, 1.82) is 0 Å². The van der Waals surface area contributed by atoms with Crippen LogP contribution in [0.2, 0.25) is 0 Å². The van der Waals surface area contributed by atoms with E-state index in [0.717, 1.165) is 15.8 Å². The van der Waals surface area contributed by atoms with Crippen LogP contribution in [0.4, 0.5) is 0 Å². The zero-order valence-electron chi connectivity index (χ0n) is 6.69. The second-order valence-electron chi connectivity index (χ2n) is 2.48. The number of aryl methyl sites for hydroxylation is 1. The van der Waals surface area contributed by atoms with Gasteiger partial charge in [0, 0.05) is 12.5 Å².